The number of rotatable bonds is 5. The Bertz CT molecular complexity index is 2930. The number of benzene rings is 9. The molecule has 0 saturated carbocycles. The lowest BCUT2D eigenvalue weighted by atomic mass is 9.55. The van der Waals surface area contributed by atoms with Crippen LogP contribution in [0.2, 0.25) is 0 Å². The highest BCUT2D eigenvalue weighted by Crippen LogP contribution is 2.64. The minimum absolute atomic E-state index is 0.149. The molecule has 1 heteroatoms. The molecule has 9 aromatic rings. The van der Waals surface area contributed by atoms with E-state index in [4.69, 9.17) is 0 Å². The Hall–Kier alpha value is -6.96. The summed E-state index contributed by atoms with van der Waals surface area (Å²) in [7, 11) is 0. The number of nitrogens with zero attached hydrogens (tertiary/aromatic N) is 1. The second kappa shape index (κ2) is 12.8. The van der Waals surface area contributed by atoms with Gasteiger partial charge in [-0.2, -0.15) is 0 Å². The van der Waals surface area contributed by atoms with Gasteiger partial charge in [-0.1, -0.05) is 202 Å². The quantitative estimate of drug-likeness (QED) is 0.171. The van der Waals surface area contributed by atoms with E-state index in [2.05, 4.69) is 231 Å². The van der Waals surface area contributed by atoms with Crippen LogP contribution in [0.4, 0.5) is 17.1 Å². The van der Waals surface area contributed by atoms with Gasteiger partial charge in [0.05, 0.1) is 16.8 Å². The van der Waals surface area contributed by atoms with Crippen LogP contribution < -0.4 is 4.90 Å². The van der Waals surface area contributed by atoms with Gasteiger partial charge in [0.15, 0.2) is 0 Å². The van der Waals surface area contributed by atoms with Crippen molar-refractivity contribution in [3.8, 4) is 33.4 Å². The summed E-state index contributed by atoms with van der Waals surface area (Å²) in [5.41, 5.74) is 18.4. The molecule has 0 heterocycles. The van der Waals surface area contributed by atoms with E-state index in [0.717, 1.165) is 11.4 Å². The van der Waals surface area contributed by atoms with E-state index in [1.165, 1.54) is 83.2 Å². The third-order valence-electron chi connectivity index (χ3n) is 12.8. The Balaban J connectivity index is 1.18. The van der Waals surface area contributed by atoms with E-state index in [1.807, 2.05) is 0 Å². The Morgan fingerprint density at radius 1 is 0.333 bits per heavy atom. The second-order valence-electron chi connectivity index (χ2n) is 16.0. The summed E-state index contributed by atoms with van der Waals surface area (Å²) in [6.45, 7) is 4.78. The molecule has 0 aromatic heterocycles. The predicted molar refractivity (Wildman–Crippen MR) is 239 cm³/mol. The van der Waals surface area contributed by atoms with Crippen LogP contribution in [0.15, 0.2) is 212 Å². The molecule has 0 unspecified atom stereocenters. The fourth-order valence-electron chi connectivity index (χ4n) is 10.3. The number of fused-ring (bicyclic) bond motifs is 10. The van der Waals surface area contributed by atoms with E-state index in [-0.39, 0.29) is 5.41 Å². The van der Waals surface area contributed by atoms with Crippen molar-refractivity contribution in [2.24, 2.45) is 0 Å². The van der Waals surface area contributed by atoms with Gasteiger partial charge in [0.25, 0.3) is 0 Å². The molecule has 2 aliphatic carbocycles. The first-order valence-electron chi connectivity index (χ1n) is 20.0. The molecular weight excluding hydrogens is 687 g/mol. The van der Waals surface area contributed by atoms with Gasteiger partial charge in [0, 0.05) is 22.1 Å². The minimum atomic E-state index is -0.472. The summed E-state index contributed by atoms with van der Waals surface area (Å²) in [6, 6.07) is 78.7. The Kier molecular flexibility index (Phi) is 7.50. The van der Waals surface area contributed by atoms with Crippen molar-refractivity contribution in [1.82, 2.24) is 0 Å². The van der Waals surface area contributed by atoms with Crippen LogP contribution in [0.3, 0.4) is 0 Å². The van der Waals surface area contributed by atoms with Crippen molar-refractivity contribution < 1.29 is 0 Å². The molecule has 0 N–H and O–H groups in total. The first kappa shape index (κ1) is 33.4. The van der Waals surface area contributed by atoms with Gasteiger partial charge >= 0.3 is 0 Å². The fraction of sp³-hybridized carbons (Fsp3) is 0.0714. The lowest BCUT2D eigenvalue weighted by Gasteiger charge is -2.46. The van der Waals surface area contributed by atoms with Crippen LogP contribution in [0.25, 0.3) is 44.2 Å². The van der Waals surface area contributed by atoms with Gasteiger partial charge < -0.3 is 4.90 Å². The summed E-state index contributed by atoms with van der Waals surface area (Å²) in [4.78, 5) is 2.51. The first-order valence-corrected chi connectivity index (χ1v) is 20.0. The molecule has 0 fully saturated rings. The summed E-state index contributed by atoms with van der Waals surface area (Å²) in [6.07, 6.45) is 0. The van der Waals surface area contributed by atoms with Gasteiger partial charge in [-0.15, -0.1) is 0 Å². The molecule has 0 radical (unpaired) electrons. The normalized spacial score (nSPS) is 14.1. The van der Waals surface area contributed by atoms with Gasteiger partial charge in [-0.3, -0.25) is 0 Å². The van der Waals surface area contributed by atoms with Crippen molar-refractivity contribution in [1.29, 1.82) is 0 Å². The highest BCUT2D eigenvalue weighted by molar-refractivity contribution is 6.04. The van der Waals surface area contributed by atoms with Gasteiger partial charge in [-0.25, -0.2) is 0 Å². The first-order chi connectivity index (χ1) is 28.1. The van der Waals surface area contributed by atoms with E-state index < -0.39 is 5.41 Å². The molecule has 9 aromatic carbocycles. The minimum Gasteiger partial charge on any atom is -0.309 e. The third-order valence-corrected chi connectivity index (χ3v) is 12.8. The van der Waals surface area contributed by atoms with Crippen LogP contribution in [0.1, 0.15) is 47.2 Å². The zero-order valence-corrected chi connectivity index (χ0v) is 32.2. The molecule has 57 heavy (non-hydrogen) atoms. The molecule has 0 aliphatic heterocycles. The molecule has 0 amide bonds. The molecule has 2 aliphatic rings. The lowest BCUT2D eigenvalue weighted by molar-refractivity contribution is 0.563. The molecule has 0 bridgehead atoms. The van der Waals surface area contributed by atoms with E-state index in [0.29, 0.717) is 0 Å². The second-order valence-corrected chi connectivity index (χ2v) is 16.0. The zero-order chi connectivity index (χ0) is 38.1. The maximum absolute atomic E-state index is 2.51. The third kappa shape index (κ3) is 4.82. The Labute approximate surface area is 335 Å². The predicted octanol–water partition coefficient (Wildman–Crippen LogP) is 14.6. The molecule has 11 rings (SSSR count). The summed E-state index contributed by atoms with van der Waals surface area (Å²) in [5.74, 6) is 0. The van der Waals surface area contributed by atoms with Crippen molar-refractivity contribution in [2.45, 2.75) is 24.7 Å². The lowest BCUT2D eigenvalue weighted by Crippen LogP contribution is -2.40. The van der Waals surface area contributed by atoms with E-state index in [1.54, 1.807) is 0 Å². The molecular formula is C56H41N. The summed E-state index contributed by atoms with van der Waals surface area (Å²) < 4.78 is 0. The van der Waals surface area contributed by atoms with Gasteiger partial charge in [0.2, 0.25) is 0 Å². The standard InChI is InChI=1S/C56H41N/c1-55(2)47-27-12-14-29-49(47)56(50-30-15-13-28-48(50)55)46-26-11-10-25-45(46)54-51(56)31-17-33-53(54)57(52-32-16-21-39-20-6-7-24-44(39)52)41-36-34-40(35-37-41)43-23-9-8-22-42(43)38-18-4-3-5-19-38/h3-37H,1-2H3. The molecule has 1 spiro atoms. The average molecular weight is 728 g/mol. The number of anilines is 3. The van der Waals surface area contributed by atoms with Crippen molar-refractivity contribution in [3.63, 3.8) is 0 Å². The largest absolute Gasteiger partial charge is 0.309 e. The highest BCUT2D eigenvalue weighted by Gasteiger charge is 2.53. The topological polar surface area (TPSA) is 3.24 Å². The van der Waals surface area contributed by atoms with Crippen molar-refractivity contribution in [2.75, 3.05) is 4.90 Å². The zero-order valence-electron chi connectivity index (χ0n) is 32.2. The van der Waals surface area contributed by atoms with Gasteiger partial charge in [0.1, 0.15) is 0 Å². The van der Waals surface area contributed by atoms with Crippen LogP contribution >= 0.6 is 0 Å². The van der Waals surface area contributed by atoms with Crippen LogP contribution in [-0.4, -0.2) is 0 Å². The maximum atomic E-state index is 2.51. The number of hydrogen-bond acceptors (Lipinski definition) is 1. The molecule has 0 atom stereocenters. The van der Waals surface area contributed by atoms with Crippen LogP contribution in [-0.2, 0) is 10.8 Å². The van der Waals surface area contributed by atoms with Crippen LogP contribution in [0.5, 0.6) is 0 Å². The maximum Gasteiger partial charge on any atom is 0.0720 e. The van der Waals surface area contributed by atoms with Crippen LogP contribution in [0, 0.1) is 0 Å². The summed E-state index contributed by atoms with van der Waals surface area (Å²) >= 11 is 0. The fourth-order valence-corrected chi connectivity index (χ4v) is 10.3. The number of hydrogen-bond donors (Lipinski definition) is 0. The van der Waals surface area contributed by atoms with E-state index in [9.17, 15) is 0 Å². The molecule has 0 saturated heterocycles. The molecule has 270 valence electrons. The van der Waals surface area contributed by atoms with Crippen molar-refractivity contribution >= 4 is 27.8 Å². The van der Waals surface area contributed by atoms with E-state index >= 15 is 0 Å². The smallest absolute Gasteiger partial charge is 0.0720 e. The SMILES string of the molecule is CC1(C)c2ccccc2C2(c3ccccc3-c3c(N(c4ccc(-c5ccccc5-c5ccccc5)cc4)c4cccc5ccccc45)cccc32)c2ccccc21. The highest BCUT2D eigenvalue weighted by atomic mass is 15.1. The van der Waals surface area contributed by atoms with Crippen molar-refractivity contribution in [3.05, 3.63) is 246 Å². The van der Waals surface area contributed by atoms with Gasteiger partial charge in [-0.05, 0) is 90.8 Å². The summed E-state index contributed by atoms with van der Waals surface area (Å²) in [5, 5.41) is 2.43. The Morgan fingerprint density at radius 2 is 0.807 bits per heavy atom. The molecule has 1 nitrogen and oxygen atoms in total. The average Bonchev–Trinajstić information content (AvgIpc) is 3.58. The Morgan fingerprint density at radius 3 is 1.49 bits per heavy atom. The monoisotopic (exact) mass is 727 g/mol.